The Hall–Kier alpha value is -7.69. The Bertz CT molecular complexity index is 3210. The van der Waals surface area contributed by atoms with E-state index in [4.69, 9.17) is 10.7 Å². The summed E-state index contributed by atoms with van der Waals surface area (Å²) in [5.41, 5.74) is 21.8. The highest BCUT2D eigenvalue weighted by molar-refractivity contribution is 6.21. The van der Waals surface area contributed by atoms with E-state index in [9.17, 15) is 0 Å². The molecule has 2 N–H and O–H groups in total. The number of nitrogens with zero attached hydrogens (tertiary/aromatic N) is 3. The van der Waals surface area contributed by atoms with Crippen molar-refractivity contribution in [2.75, 3.05) is 11.9 Å². The standard InChI is InChI=1S/C54H48N4.C6H6/c1-36(2)45-22-12-14-25-50(45)57(4)49-30-28-40(32-37(49)3)41-26-29-47-52(35-41)58(51-31-27-39-18-9-11-23-46(39)53(47)51)44-21-15-20-43(34-44)54(55)56-48-24-13-10-19-42(48)33-38-16-7-5-6-8-17-38;1-2-4-6-5-3-1/h5-7,9-32,34-36H,8,33H2,1-4H3,(H2,55,56);1-6H. The van der Waals surface area contributed by atoms with Gasteiger partial charge in [0, 0.05) is 40.4 Å². The Kier molecular flexibility index (Phi) is 12.2. The van der Waals surface area contributed by atoms with Crippen molar-refractivity contribution in [1.82, 2.24) is 4.57 Å². The lowest BCUT2D eigenvalue weighted by atomic mass is 9.98. The molecule has 0 atom stereocenters. The highest BCUT2D eigenvalue weighted by Crippen LogP contribution is 2.40. The van der Waals surface area contributed by atoms with E-state index in [1.807, 2.05) is 42.5 Å². The molecule has 0 bridgehead atoms. The average molecular weight is 831 g/mol. The molecule has 1 aliphatic rings. The fourth-order valence-electron chi connectivity index (χ4n) is 8.99. The SMILES string of the molecule is Cc1cc(-c2ccc3c4c5ccccc5ccc4n(-c4cccc(C(N)=Nc5ccccc5CC5=CCC=CC=C5)c4)c3c2)ccc1N(C)c1ccccc1C(C)C.c1ccccc1. The van der Waals surface area contributed by atoms with Crippen molar-refractivity contribution in [3.63, 3.8) is 0 Å². The fourth-order valence-corrected chi connectivity index (χ4v) is 8.99. The van der Waals surface area contributed by atoms with Crippen molar-refractivity contribution in [1.29, 1.82) is 0 Å². The van der Waals surface area contributed by atoms with Crippen LogP contribution in [0.25, 0.3) is 49.4 Å². The van der Waals surface area contributed by atoms with Gasteiger partial charge in [0.2, 0.25) is 0 Å². The molecular weight excluding hydrogens is 777 g/mol. The van der Waals surface area contributed by atoms with Gasteiger partial charge in [-0.1, -0.05) is 178 Å². The number of aryl methyl sites for hydroxylation is 1. The van der Waals surface area contributed by atoms with Gasteiger partial charge in [-0.25, -0.2) is 4.99 Å². The van der Waals surface area contributed by atoms with Gasteiger partial charge in [-0.05, 0) is 118 Å². The maximum Gasteiger partial charge on any atom is 0.131 e. The van der Waals surface area contributed by atoms with E-state index in [-0.39, 0.29) is 0 Å². The van der Waals surface area contributed by atoms with E-state index in [0.29, 0.717) is 11.8 Å². The van der Waals surface area contributed by atoms with E-state index < -0.39 is 0 Å². The monoisotopic (exact) mass is 830 g/mol. The van der Waals surface area contributed by atoms with Crippen LogP contribution in [0.4, 0.5) is 17.1 Å². The first-order chi connectivity index (χ1) is 31.3. The third-order valence-corrected chi connectivity index (χ3v) is 12.2. The van der Waals surface area contributed by atoms with Gasteiger partial charge in [0.05, 0.1) is 16.7 Å². The van der Waals surface area contributed by atoms with Crippen molar-refractivity contribution < 1.29 is 0 Å². The Balaban J connectivity index is 0.000000799. The maximum atomic E-state index is 6.88. The lowest BCUT2D eigenvalue weighted by molar-refractivity contribution is 0.862. The zero-order valence-corrected chi connectivity index (χ0v) is 37.1. The van der Waals surface area contributed by atoms with Gasteiger partial charge in [0.1, 0.15) is 5.84 Å². The first kappa shape index (κ1) is 41.7. The summed E-state index contributed by atoms with van der Waals surface area (Å²) in [4.78, 5) is 7.36. The highest BCUT2D eigenvalue weighted by atomic mass is 15.1. The van der Waals surface area contributed by atoms with Crippen molar-refractivity contribution in [3.8, 4) is 16.8 Å². The minimum atomic E-state index is 0.435. The van der Waals surface area contributed by atoms with Crippen LogP contribution in [0, 0.1) is 6.92 Å². The van der Waals surface area contributed by atoms with Gasteiger partial charge >= 0.3 is 0 Å². The van der Waals surface area contributed by atoms with E-state index in [2.05, 4.69) is 207 Å². The van der Waals surface area contributed by atoms with Gasteiger partial charge in [0.25, 0.3) is 0 Å². The van der Waals surface area contributed by atoms with Crippen LogP contribution in [0.3, 0.4) is 0 Å². The minimum Gasteiger partial charge on any atom is -0.383 e. The van der Waals surface area contributed by atoms with Crippen molar-refractivity contribution in [2.24, 2.45) is 10.7 Å². The van der Waals surface area contributed by atoms with E-state index in [0.717, 1.165) is 46.4 Å². The van der Waals surface area contributed by atoms with E-state index in [1.165, 1.54) is 60.7 Å². The second-order valence-electron chi connectivity index (χ2n) is 16.8. The van der Waals surface area contributed by atoms with Crippen LogP contribution < -0.4 is 10.6 Å². The summed E-state index contributed by atoms with van der Waals surface area (Å²) in [6, 6.07) is 64.5. The zero-order chi connectivity index (χ0) is 44.0. The van der Waals surface area contributed by atoms with Crippen molar-refractivity contribution >= 4 is 55.5 Å². The van der Waals surface area contributed by atoms with Gasteiger partial charge in [0.15, 0.2) is 0 Å². The molecule has 0 saturated carbocycles. The molecule has 0 aliphatic heterocycles. The molecule has 0 fully saturated rings. The van der Waals surface area contributed by atoms with Crippen LogP contribution in [0.1, 0.15) is 48.4 Å². The van der Waals surface area contributed by atoms with Crippen molar-refractivity contribution in [2.45, 2.75) is 39.5 Å². The average Bonchev–Trinajstić information content (AvgIpc) is 3.45. The molecule has 4 nitrogen and oxygen atoms in total. The molecule has 0 saturated heterocycles. The Morgan fingerprint density at radius 2 is 1.39 bits per heavy atom. The molecule has 0 radical (unpaired) electrons. The summed E-state index contributed by atoms with van der Waals surface area (Å²) >= 11 is 0. The second-order valence-corrected chi connectivity index (χ2v) is 16.8. The van der Waals surface area contributed by atoms with Gasteiger partial charge in [-0.3, -0.25) is 0 Å². The van der Waals surface area contributed by atoms with Crippen LogP contribution in [0.15, 0.2) is 223 Å². The third kappa shape index (κ3) is 8.69. The largest absolute Gasteiger partial charge is 0.383 e. The maximum absolute atomic E-state index is 6.88. The lowest BCUT2D eigenvalue weighted by Crippen LogP contribution is -2.13. The molecule has 4 heteroatoms. The summed E-state index contributed by atoms with van der Waals surface area (Å²) < 4.78 is 2.39. The first-order valence-corrected chi connectivity index (χ1v) is 22.3. The number of hydrogen-bond donors (Lipinski definition) is 1. The highest BCUT2D eigenvalue weighted by Gasteiger charge is 2.18. The molecule has 10 rings (SSSR count). The third-order valence-electron chi connectivity index (χ3n) is 12.2. The quantitative estimate of drug-likeness (QED) is 0.116. The van der Waals surface area contributed by atoms with Gasteiger partial charge in [-0.2, -0.15) is 0 Å². The summed E-state index contributed by atoms with van der Waals surface area (Å²) in [6.07, 6.45) is 12.6. The Morgan fingerprint density at radius 3 is 2.20 bits per heavy atom. The second kappa shape index (κ2) is 18.7. The summed E-state index contributed by atoms with van der Waals surface area (Å²) in [5, 5.41) is 4.92. The molecule has 64 heavy (non-hydrogen) atoms. The number of anilines is 2. The number of benzene rings is 8. The lowest BCUT2D eigenvalue weighted by Gasteiger charge is -2.26. The van der Waals surface area contributed by atoms with Crippen LogP contribution in [0.2, 0.25) is 0 Å². The van der Waals surface area contributed by atoms with Gasteiger partial charge in [-0.15, -0.1) is 0 Å². The molecule has 1 heterocycles. The van der Waals surface area contributed by atoms with Crippen LogP contribution >= 0.6 is 0 Å². The number of allylic oxidation sites excluding steroid dienone is 6. The Labute approximate surface area is 377 Å². The minimum absolute atomic E-state index is 0.435. The smallest absolute Gasteiger partial charge is 0.131 e. The molecule has 0 unspecified atom stereocenters. The normalized spacial score (nSPS) is 12.6. The summed E-state index contributed by atoms with van der Waals surface area (Å²) in [6.45, 7) is 6.73. The number of amidine groups is 1. The number of aliphatic imine (C=N–C) groups is 1. The number of fused-ring (bicyclic) bond motifs is 5. The molecule has 1 aromatic heterocycles. The number of rotatable bonds is 9. The van der Waals surface area contributed by atoms with Gasteiger partial charge < -0.3 is 15.2 Å². The molecule has 0 amide bonds. The van der Waals surface area contributed by atoms with Crippen LogP contribution in [-0.4, -0.2) is 17.5 Å². The number of hydrogen-bond acceptors (Lipinski definition) is 2. The predicted octanol–water partition coefficient (Wildman–Crippen LogP) is 15.5. The Morgan fingerprint density at radius 1 is 0.656 bits per heavy atom. The number of para-hydroxylation sites is 2. The molecule has 1 aliphatic carbocycles. The first-order valence-electron chi connectivity index (χ1n) is 22.3. The summed E-state index contributed by atoms with van der Waals surface area (Å²) in [5.74, 6) is 0.925. The molecular formula is C60H54N4. The number of aromatic nitrogens is 1. The predicted molar refractivity (Wildman–Crippen MR) is 275 cm³/mol. The molecule has 8 aromatic carbocycles. The van der Waals surface area contributed by atoms with Crippen LogP contribution in [0.5, 0.6) is 0 Å². The van der Waals surface area contributed by atoms with E-state index >= 15 is 0 Å². The summed E-state index contributed by atoms with van der Waals surface area (Å²) in [7, 11) is 2.17. The molecule has 9 aromatic rings. The topological polar surface area (TPSA) is 46.6 Å². The number of nitrogens with two attached hydrogens (primary N) is 1. The van der Waals surface area contributed by atoms with Crippen LogP contribution in [-0.2, 0) is 6.42 Å². The molecule has 0 spiro atoms. The van der Waals surface area contributed by atoms with E-state index in [1.54, 1.807) is 0 Å². The zero-order valence-electron chi connectivity index (χ0n) is 37.1. The molecule has 314 valence electrons. The van der Waals surface area contributed by atoms with Crippen molar-refractivity contribution in [3.05, 3.63) is 240 Å². The fraction of sp³-hybridized carbons (Fsp3) is 0.117.